The third-order valence-corrected chi connectivity index (χ3v) is 6.95. The summed E-state index contributed by atoms with van der Waals surface area (Å²) in [4.78, 5) is 28.7. The number of carbonyl (C=O) groups is 1. The number of carbonyl (C=O) groups excluding carboxylic acids is 1. The molecule has 4 aromatic rings. The van der Waals surface area contributed by atoms with Gasteiger partial charge in [-0.25, -0.2) is 9.37 Å². The van der Waals surface area contributed by atoms with Gasteiger partial charge in [-0.15, -0.1) is 0 Å². The fourth-order valence-electron chi connectivity index (χ4n) is 5.27. The van der Waals surface area contributed by atoms with Crippen LogP contribution in [0.3, 0.4) is 0 Å². The molecule has 0 aliphatic carbocycles. The van der Waals surface area contributed by atoms with E-state index in [-0.39, 0.29) is 17.8 Å². The second-order valence-corrected chi connectivity index (χ2v) is 9.08. The average molecular weight is 487 g/mol. The predicted octanol–water partition coefficient (Wildman–Crippen LogP) is 2.75. The zero-order valence-corrected chi connectivity index (χ0v) is 19.4. The average Bonchev–Trinajstić information content (AvgIpc) is 3.43. The summed E-state index contributed by atoms with van der Waals surface area (Å²) in [5.74, 6) is 0.478. The number of amides is 1. The summed E-state index contributed by atoms with van der Waals surface area (Å²) in [5, 5.41) is 6.49. The first-order chi connectivity index (χ1) is 17.6. The third-order valence-electron chi connectivity index (χ3n) is 6.95. The second kappa shape index (κ2) is 7.89. The van der Waals surface area contributed by atoms with E-state index in [0.29, 0.717) is 77.2 Å². The quantitative estimate of drug-likeness (QED) is 0.455. The van der Waals surface area contributed by atoms with E-state index in [2.05, 4.69) is 30.5 Å². The van der Waals surface area contributed by atoms with Crippen molar-refractivity contribution in [2.24, 2.45) is 7.05 Å². The number of rotatable bonds is 3. The molecule has 3 aliphatic heterocycles. The molecule has 36 heavy (non-hydrogen) atoms. The van der Waals surface area contributed by atoms with Crippen molar-refractivity contribution in [2.45, 2.75) is 12.6 Å². The standard InChI is InChI=1S/C25H22FN7O3/c1-32-10-16(26)20-14(4-5-27-23(20)32)22-15-8-29-24(34)21(15)17(9-28-22)30-19-3-2-18-25(31-19)36-12-13-11-35-7-6-33(13)18/h2-5,9-10,13H,6-8,11-12H2,1H3,(H,29,34)(H,30,31)/t13-/m0/s1. The number of hydrogen-bond donors (Lipinski definition) is 2. The van der Waals surface area contributed by atoms with Crippen molar-refractivity contribution >= 4 is 34.1 Å². The SMILES string of the molecule is Cn1cc(F)c2c(-c3ncc(Nc4ccc5c(n4)OC[C@@H]4COCCN54)c4c3CNC4=O)ccnc21. The van der Waals surface area contributed by atoms with Crippen LogP contribution in [0.2, 0.25) is 0 Å². The zero-order chi connectivity index (χ0) is 24.4. The first-order valence-corrected chi connectivity index (χ1v) is 11.7. The van der Waals surface area contributed by atoms with Crippen LogP contribution >= 0.6 is 0 Å². The monoisotopic (exact) mass is 487 g/mol. The first-order valence-electron chi connectivity index (χ1n) is 11.7. The summed E-state index contributed by atoms with van der Waals surface area (Å²) in [7, 11) is 1.74. The Morgan fingerprint density at radius 3 is 3.06 bits per heavy atom. The Morgan fingerprint density at radius 2 is 2.14 bits per heavy atom. The summed E-state index contributed by atoms with van der Waals surface area (Å²) in [6.45, 7) is 2.90. The fraction of sp³-hybridized carbons (Fsp3) is 0.280. The highest BCUT2D eigenvalue weighted by molar-refractivity contribution is 6.06. The van der Waals surface area contributed by atoms with Crippen molar-refractivity contribution in [2.75, 3.05) is 36.6 Å². The predicted molar refractivity (Wildman–Crippen MR) is 130 cm³/mol. The van der Waals surface area contributed by atoms with E-state index < -0.39 is 0 Å². The van der Waals surface area contributed by atoms with Gasteiger partial charge in [0.05, 0.1) is 47.8 Å². The zero-order valence-electron chi connectivity index (χ0n) is 19.4. The van der Waals surface area contributed by atoms with Crippen molar-refractivity contribution in [1.82, 2.24) is 24.8 Å². The lowest BCUT2D eigenvalue weighted by atomic mass is 10.00. The van der Waals surface area contributed by atoms with Gasteiger partial charge in [0.1, 0.15) is 23.8 Å². The lowest BCUT2D eigenvalue weighted by molar-refractivity contribution is 0.0693. The maximum atomic E-state index is 14.8. The first kappa shape index (κ1) is 21.1. The topological polar surface area (TPSA) is 106 Å². The molecule has 0 bridgehead atoms. The molecule has 182 valence electrons. The number of halogens is 1. The number of anilines is 3. The molecular formula is C25H22FN7O3. The molecule has 0 saturated carbocycles. The van der Waals surface area contributed by atoms with Crippen molar-refractivity contribution in [3.05, 3.63) is 53.7 Å². The number of pyridine rings is 3. The Bertz CT molecular complexity index is 1550. The highest BCUT2D eigenvalue weighted by Gasteiger charge is 2.32. The Morgan fingerprint density at radius 1 is 1.22 bits per heavy atom. The van der Waals surface area contributed by atoms with Gasteiger partial charge >= 0.3 is 0 Å². The number of morpholine rings is 1. The van der Waals surface area contributed by atoms with Crippen LogP contribution in [-0.2, 0) is 18.3 Å². The maximum Gasteiger partial charge on any atom is 0.254 e. The Labute approximate surface area is 205 Å². The van der Waals surface area contributed by atoms with E-state index in [1.54, 1.807) is 30.1 Å². The van der Waals surface area contributed by atoms with E-state index in [9.17, 15) is 9.18 Å². The number of ether oxygens (including phenoxy) is 2. The van der Waals surface area contributed by atoms with Crippen LogP contribution in [0.15, 0.2) is 36.8 Å². The van der Waals surface area contributed by atoms with Gasteiger partial charge in [-0.1, -0.05) is 0 Å². The van der Waals surface area contributed by atoms with Crippen molar-refractivity contribution < 1.29 is 18.7 Å². The molecule has 4 aromatic heterocycles. The Balaban J connectivity index is 1.27. The summed E-state index contributed by atoms with van der Waals surface area (Å²) in [6, 6.07) is 5.74. The number of nitrogens with zero attached hydrogens (tertiary/aromatic N) is 5. The van der Waals surface area contributed by atoms with E-state index >= 15 is 0 Å². The van der Waals surface area contributed by atoms with E-state index in [4.69, 9.17) is 9.47 Å². The molecule has 10 nitrogen and oxygen atoms in total. The van der Waals surface area contributed by atoms with Gasteiger partial charge in [-0.05, 0) is 18.2 Å². The van der Waals surface area contributed by atoms with Gasteiger partial charge in [-0.2, -0.15) is 4.98 Å². The molecule has 0 spiro atoms. The molecule has 2 N–H and O–H groups in total. The fourth-order valence-corrected chi connectivity index (χ4v) is 5.27. The largest absolute Gasteiger partial charge is 0.474 e. The molecule has 1 fully saturated rings. The van der Waals surface area contributed by atoms with E-state index in [1.807, 2.05) is 12.1 Å². The van der Waals surface area contributed by atoms with Gasteiger partial charge in [-0.3, -0.25) is 9.78 Å². The Hall–Kier alpha value is -4.25. The normalized spacial score (nSPS) is 18.3. The van der Waals surface area contributed by atoms with Crippen LogP contribution in [0.25, 0.3) is 22.3 Å². The highest BCUT2D eigenvalue weighted by atomic mass is 19.1. The van der Waals surface area contributed by atoms with Gasteiger partial charge in [0.15, 0.2) is 5.82 Å². The van der Waals surface area contributed by atoms with Crippen molar-refractivity contribution in [1.29, 1.82) is 0 Å². The van der Waals surface area contributed by atoms with Crippen LogP contribution in [0.4, 0.5) is 21.6 Å². The van der Waals surface area contributed by atoms with Gasteiger partial charge < -0.3 is 29.6 Å². The minimum absolute atomic E-state index is 0.185. The van der Waals surface area contributed by atoms with Crippen LogP contribution in [0.1, 0.15) is 15.9 Å². The molecule has 0 unspecified atom stereocenters. The number of hydrogen-bond acceptors (Lipinski definition) is 8. The van der Waals surface area contributed by atoms with Gasteiger partial charge in [0.2, 0.25) is 5.88 Å². The lowest BCUT2D eigenvalue weighted by Gasteiger charge is -2.40. The van der Waals surface area contributed by atoms with Crippen LogP contribution in [0, 0.1) is 5.82 Å². The molecule has 11 heteroatoms. The van der Waals surface area contributed by atoms with Crippen molar-refractivity contribution in [3.63, 3.8) is 0 Å². The Kier molecular flexibility index (Phi) is 4.61. The molecule has 1 amide bonds. The van der Waals surface area contributed by atoms with Crippen LogP contribution in [-0.4, -0.2) is 57.8 Å². The molecule has 3 aliphatic rings. The number of aryl methyl sites for hydroxylation is 1. The maximum absolute atomic E-state index is 14.8. The minimum Gasteiger partial charge on any atom is -0.474 e. The molecule has 0 aromatic carbocycles. The van der Waals surface area contributed by atoms with Gasteiger partial charge in [0.25, 0.3) is 5.91 Å². The van der Waals surface area contributed by atoms with E-state index in [0.717, 1.165) is 12.2 Å². The van der Waals surface area contributed by atoms with Crippen LogP contribution in [0.5, 0.6) is 5.88 Å². The summed E-state index contributed by atoms with van der Waals surface area (Å²) in [5.41, 5.74) is 4.28. The highest BCUT2D eigenvalue weighted by Crippen LogP contribution is 2.38. The van der Waals surface area contributed by atoms with E-state index in [1.165, 1.54) is 6.20 Å². The second-order valence-electron chi connectivity index (χ2n) is 9.08. The number of fused-ring (bicyclic) bond motifs is 5. The molecule has 7 rings (SSSR count). The molecule has 1 saturated heterocycles. The molecule has 1 atom stereocenters. The summed E-state index contributed by atoms with van der Waals surface area (Å²) in [6.07, 6.45) is 4.60. The number of nitrogens with one attached hydrogen (secondary N) is 2. The summed E-state index contributed by atoms with van der Waals surface area (Å²) < 4.78 is 27.9. The molecule has 7 heterocycles. The number of aromatic nitrogens is 4. The smallest absolute Gasteiger partial charge is 0.254 e. The van der Waals surface area contributed by atoms with Gasteiger partial charge in [0, 0.05) is 43.7 Å². The third kappa shape index (κ3) is 3.12. The lowest BCUT2D eigenvalue weighted by Crippen LogP contribution is -2.51. The van der Waals surface area contributed by atoms with Crippen LogP contribution < -0.4 is 20.3 Å². The molecule has 0 radical (unpaired) electrons. The minimum atomic E-state index is -0.383. The van der Waals surface area contributed by atoms with Crippen molar-refractivity contribution in [3.8, 4) is 17.1 Å². The molecular weight excluding hydrogens is 465 g/mol. The summed E-state index contributed by atoms with van der Waals surface area (Å²) >= 11 is 0.